The summed E-state index contributed by atoms with van der Waals surface area (Å²) in [5.41, 5.74) is 0.386. The predicted octanol–water partition coefficient (Wildman–Crippen LogP) is 0.840. The second-order valence-electron chi connectivity index (χ2n) is 3.62. The van der Waals surface area contributed by atoms with Crippen LogP contribution in [0.25, 0.3) is 10.9 Å². The first-order valence-corrected chi connectivity index (χ1v) is 5.00. The third-order valence-electron chi connectivity index (χ3n) is 2.60. The Kier molecular flexibility index (Phi) is 2.62. The highest BCUT2D eigenvalue weighted by atomic mass is 16.3. The number of fused-ring (bicyclic) bond motifs is 1. The summed E-state index contributed by atoms with van der Waals surface area (Å²) in [5, 5.41) is 12.8. The van der Waals surface area contributed by atoms with Gasteiger partial charge < -0.3 is 10.4 Å². The van der Waals surface area contributed by atoms with E-state index in [9.17, 15) is 9.90 Å². The number of aromatic hydroxyl groups is 1. The largest absolute Gasteiger partial charge is 0.508 e. The van der Waals surface area contributed by atoms with Crippen LogP contribution in [0.3, 0.4) is 0 Å². The Balaban J connectivity index is 2.71. The van der Waals surface area contributed by atoms with Gasteiger partial charge in [-0.05, 0) is 26.1 Å². The zero-order chi connectivity index (χ0) is 11.7. The molecule has 0 saturated heterocycles. The molecule has 0 saturated carbocycles. The van der Waals surface area contributed by atoms with Crippen molar-refractivity contribution in [2.24, 2.45) is 0 Å². The van der Waals surface area contributed by atoms with Crippen LogP contribution in [0.1, 0.15) is 13.1 Å². The zero-order valence-electron chi connectivity index (χ0n) is 9.14. The van der Waals surface area contributed by atoms with Crippen LogP contribution in [0.15, 0.2) is 29.3 Å². The van der Waals surface area contributed by atoms with Crippen LogP contribution in [0, 0.1) is 0 Å². The first kappa shape index (κ1) is 10.6. The van der Waals surface area contributed by atoms with Crippen molar-refractivity contribution in [2.45, 2.75) is 13.1 Å². The van der Waals surface area contributed by atoms with Crippen molar-refractivity contribution in [1.82, 2.24) is 14.9 Å². The van der Waals surface area contributed by atoms with E-state index < -0.39 is 0 Å². The van der Waals surface area contributed by atoms with Gasteiger partial charge in [0.1, 0.15) is 5.75 Å². The standard InChI is InChI=1S/C11H13N3O2/c1-7(12-2)14-6-13-10-5-8(15)3-4-9(10)11(14)16/h3-7,12,15H,1-2H3. The first-order valence-electron chi connectivity index (χ1n) is 5.00. The van der Waals surface area contributed by atoms with Crippen LogP contribution in [-0.4, -0.2) is 21.7 Å². The van der Waals surface area contributed by atoms with E-state index >= 15 is 0 Å². The molecule has 0 spiro atoms. The average Bonchev–Trinajstić information content (AvgIpc) is 2.28. The highest BCUT2D eigenvalue weighted by Gasteiger charge is 2.08. The highest BCUT2D eigenvalue weighted by Crippen LogP contribution is 2.14. The number of nitrogens with one attached hydrogen (secondary N) is 1. The minimum Gasteiger partial charge on any atom is -0.508 e. The maximum absolute atomic E-state index is 12.0. The third kappa shape index (κ3) is 1.65. The van der Waals surface area contributed by atoms with Crippen LogP contribution in [-0.2, 0) is 0 Å². The first-order chi connectivity index (χ1) is 7.63. The summed E-state index contributed by atoms with van der Waals surface area (Å²) in [6.07, 6.45) is 1.36. The summed E-state index contributed by atoms with van der Waals surface area (Å²) < 4.78 is 1.51. The van der Waals surface area contributed by atoms with Gasteiger partial charge in [0.25, 0.3) is 5.56 Å². The number of nitrogens with zero attached hydrogens (tertiary/aromatic N) is 2. The fraction of sp³-hybridized carbons (Fsp3) is 0.273. The van der Waals surface area contributed by atoms with E-state index in [2.05, 4.69) is 10.3 Å². The van der Waals surface area contributed by atoms with Crippen LogP contribution >= 0.6 is 0 Å². The molecule has 0 radical (unpaired) electrons. The molecule has 2 N–H and O–H groups in total. The molecule has 1 aromatic carbocycles. The number of phenols is 1. The predicted molar refractivity (Wildman–Crippen MR) is 61.4 cm³/mol. The maximum atomic E-state index is 12.0. The lowest BCUT2D eigenvalue weighted by Gasteiger charge is -2.13. The number of aromatic nitrogens is 2. The van der Waals surface area contributed by atoms with E-state index in [-0.39, 0.29) is 17.5 Å². The normalized spacial score (nSPS) is 12.9. The smallest absolute Gasteiger partial charge is 0.262 e. The van der Waals surface area contributed by atoms with Crippen molar-refractivity contribution in [3.05, 3.63) is 34.9 Å². The molecule has 1 aromatic heterocycles. The summed E-state index contributed by atoms with van der Waals surface area (Å²) in [6.45, 7) is 1.87. The van der Waals surface area contributed by atoms with Gasteiger partial charge in [-0.25, -0.2) is 4.98 Å². The topological polar surface area (TPSA) is 67.2 Å². The number of hydrogen-bond acceptors (Lipinski definition) is 4. The molecule has 1 heterocycles. The third-order valence-corrected chi connectivity index (χ3v) is 2.60. The minimum absolute atomic E-state index is 0.110. The monoisotopic (exact) mass is 219 g/mol. The molecular formula is C11H13N3O2. The van der Waals surface area contributed by atoms with Gasteiger partial charge in [-0.2, -0.15) is 0 Å². The highest BCUT2D eigenvalue weighted by molar-refractivity contribution is 5.78. The van der Waals surface area contributed by atoms with Gasteiger partial charge in [-0.3, -0.25) is 9.36 Å². The second-order valence-corrected chi connectivity index (χ2v) is 3.62. The zero-order valence-corrected chi connectivity index (χ0v) is 9.14. The second kappa shape index (κ2) is 3.94. The quantitative estimate of drug-likeness (QED) is 0.785. The Morgan fingerprint density at radius 2 is 2.25 bits per heavy atom. The lowest BCUT2D eigenvalue weighted by Crippen LogP contribution is -2.30. The molecule has 0 amide bonds. The van der Waals surface area contributed by atoms with Crippen molar-refractivity contribution in [3.63, 3.8) is 0 Å². The van der Waals surface area contributed by atoms with Gasteiger partial charge in [-0.15, -0.1) is 0 Å². The Labute approximate surface area is 92.4 Å². The lowest BCUT2D eigenvalue weighted by molar-refractivity contribution is 0.460. The van der Waals surface area contributed by atoms with E-state index in [1.54, 1.807) is 13.1 Å². The average molecular weight is 219 g/mol. The Morgan fingerprint density at radius 3 is 2.94 bits per heavy atom. The summed E-state index contributed by atoms with van der Waals surface area (Å²) in [5.74, 6) is 0.110. The molecule has 1 unspecified atom stereocenters. The van der Waals surface area contributed by atoms with Crippen LogP contribution in [0.5, 0.6) is 5.75 Å². The van der Waals surface area contributed by atoms with Crippen LogP contribution < -0.4 is 10.9 Å². The summed E-state index contributed by atoms with van der Waals surface area (Å²) >= 11 is 0. The fourth-order valence-corrected chi connectivity index (χ4v) is 1.54. The molecule has 0 bridgehead atoms. The fourth-order valence-electron chi connectivity index (χ4n) is 1.54. The molecule has 84 valence electrons. The summed E-state index contributed by atoms with van der Waals surface area (Å²) in [7, 11) is 1.78. The molecule has 2 rings (SSSR count). The van der Waals surface area contributed by atoms with Crippen molar-refractivity contribution >= 4 is 10.9 Å². The van der Waals surface area contributed by atoms with E-state index in [0.717, 1.165) is 0 Å². The van der Waals surface area contributed by atoms with Gasteiger partial charge in [0.2, 0.25) is 0 Å². The van der Waals surface area contributed by atoms with Crippen molar-refractivity contribution in [1.29, 1.82) is 0 Å². The number of phenolic OH excluding ortho intramolecular Hbond substituents is 1. The van der Waals surface area contributed by atoms with Crippen LogP contribution in [0.4, 0.5) is 0 Å². The minimum atomic E-state index is -0.119. The molecular weight excluding hydrogens is 206 g/mol. The Bertz CT molecular complexity index is 577. The van der Waals surface area contributed by atoms with Gasteiger partial charge in [0, 0.05) is 6.07 Å². The molecule has 1 atom stereocenters. The number of hydrogen-bond donors (Lipinski definition) is 2. The van der Waals surface area contributed by atoms with E-state index in [1.807, 2.05) is 6.92 Å². The number of benzene rings is 1. The van der Waals surface area contributed by atoms with Crippen molar-refractivity contribution < 1.29 is 5.11 Å². The van der Waals surface area contributed by atoms with Crippen molar-refractivity contribution in [2.75, 3.05) is 7.05 Å². The molecule has 16 heavy (non-hydrogen) atoms. The molecule has 5 nitrogen and oxygen atoms in total. The molecule has 0 aliphatic carbocycles. The van der Waals surface area contributed by atoms with E-state index in [4.69, 9.17) is 0 Å². The van der Waals surface area contributed by atoms with Gasteiger partial charge in [-0.1, -0.05) is 0 Å². The molecule has 2 aromatic rings. The Hall–Kier alpha value is -1.88. The van der Waals surface area contributed by atoms with E-state index in [0.29, 0.717) is 10.9 Å². The van der Waals surface area contributed by atoms with Gasteiger partial charge in [0.05, 0.1) is 23.4 Å². The summed E-state index contributed by atoms with van der Waals surface area (Å²) in [4.78, 5) is 16.2. The SMILES string of the molecule is CNC(C)n1cnc2cc(O)ccc2c1=O. The molecule has 0 aliphatic heterocycles. The summed E-state index contributed by atoms with van der Waals surface area (Å²) in [6, 6.07) is 4.55. The van der Waals surface area contributed by atoms with Gasteiger partial charge in [0.15, 0.2) is 0 Å². The Morgan fingerprint density at radius 1 is 1.50 bits per heavy atom. The number of rotatable bonds is 2. The maximum Gasteiger partial charge on any atom is 0.262 e. The molecule has 0 aliphatic rings. The molecule has 0 fully saturated rings. The van der Waals surface area contributed by atoms with Gasteiger partial charge >= 0.3 is 0 Å². The lowest BCUT2D eigenvalue weighted by atomic mass is 10.2. The molecule has 5 heteroatoms. The van der Waals surface area contributed by atoms with E-state index in [1.165, 1.54) is 23.0 Å². The van der Waals surface area contributed by atoms with Crippen molar-refractivity contribution in [3.8, 4) is 5.75 Å². The van der Waals surface area contributed by atoms with Crippen LogP contribution in [0.2, 0.25) is 0 Å².